The van der Waals surface area contributed by atoms with Crippen molar-refractivity contribution in [2.24, 2.45) is 0 Å². The molecular formula is C13H15FN4O2S. The van der Waals surface area contributed by atoms with E-state index in [-0.39, 0.29) is 5.69 Å². The van der Waals surface area contributed by atoms with E-state index in [9.17, 15) is 12.8 Å². The summed E-state index contributed by atoms with van der Waals surface area (Å²) in [6.45, 7) is 3.16. The van der Waals surface area contributed by atoms with Crippen molar-refractivity contribution in [3.63, 3.8) is 0 Å². The molecule has 0 aliphatic rings. The number of rotatable bonds is 6. The zero-order valence-electron chi connectivity index (χ0n) is 11.4. The predicted octanol–water partition coefficient (Wildman–Crippen LogP) is 1.53. The molecule has 2 N–H and O–H groups in total. The number of aromatic nitrogens is 2. The largest absolute Gasteiger partial charge is 0.313 e. The molecule has 0 saturated heterocycles. The predicted molar refractivity (Wildman–Crippen MR) is 76.6 cm³/mol. The van der Waals surface area contributed by atoms with E-state index in [2.05, 4.69) is 20.0 Å². The smallest absolute Gasteiger partial charge is 0.264 e. The highest BCUT2D eigenvalue weighted by atomic mass is 32.2. The van der Waals surface area contributed by atoms with Crippen LogP contribution in [0.2, 0.25) is 0 Å². The van der Waals surface area contributed by atoms with Crippen LogP contribution >= 0.6 is 0 Å². The van der Waals surface area contributed by atoms with Gasteiger partial charge in [0.25, 0.3) is 10.0 Å². The molecule has 0 atom stereocenters. The van der Waals surface area contributed by atoms with Crippen LogP contribution in [0.5, 0.6) is 0 Å². The molecule has 1 aromatic carbocycles. The van der Waals surface area contributed by atoms with Crippen LogP contribution in [-0.4, -0.2) is 24.9 Å². The molecule has 0 fully saturated rings. The molecule has 0 radical (unpaired) electrons. The molecular weight excluding hydrogens is 295 g/mol. The van der Waals surface area contributed by atoms with E-state index in [0.29, 0.717) is 12.1 Å². The Balaban J connectivity index is 2.24. The van der Waals surface area contributed by atoms with Crippen molar-refractivity contribution in [2.75, 3.05) is 11.3 Å². The topological polar surface area (TPSA) is 84.0 Å². The first-order valence-corrected chi connectivity index (χ1v) is 7.78. The maximum absolute atomic E-state index is 14.0. The van der Waals surface area contributed by atoms with Crippen LogP contribution in [0.25, 0.3) is 0 Å². The van der Waals surface area contributed by atoms with Crippen LogP contribution in [0.15, 0.2) is 41.8 Å². The minimum absolute atomic E-state index is 0.175. The number of benzene rings is 1. The lowest BCUT2D eigenvalue weighted by Crippen LogP contribution is -2.16. The summed E-state index contributed by atoms with van der Waals surface area (Å²) in [5.41, 5.74) is 0.852. The van der Waals surface area contributed by atoms with Gasteiger partial charge in [0.2, 0.25) is 0 Å². The Bertz CT molecular complexity index is 707. The first kappa shape index (κ1) is 15.3. The van der Waals surface area contributed by atoms with Gasteiger partial charge in [-0.25, -0.2) is 22.8 Å². The summed E-state index contributed by atoms with van der Waals surface area (Å²) in [4.78, 5) is 6.97. The van der Waals surface area contributed by atoms with Crippen molar-refractivity contribution in [1.29, 1.82) is 0 Å². The van der Waals surface area contributed by atoms with E-state index in [4.69, 9.17) is 0 Å². The third kappa shape index (κ3) is 3.96. The van der Waals surface area contributed by atoms with Gasteiger partial charge in [0.15, 0.2) is 0 Å². The second kappa shape index (κ2) is 6.59. The van der Waals surface area contributed by atoms with E-state index < -0.39 is 20.7 Å². The highest BCUT2D eigenvalue weighted by molar-refractivity contribution is 7.92. The molecule has 0 saturated carbocycles. The summed E-state index contributed by atoms with van der Waals surface area (Å²) in [6.07, 6.45) is 3.86. The van der Waals surface area contributed by atoms with Gasteiger partial charge >= 0.3 is 0 Å². The normalized spacial score (nSPS) is 11.3. The second-order valence-electron chi connectivity index (χ2n) is 4.28. The molecule has 21 heavy (non-hydrogen) atoms. The molecule has 0 aliphatic heterocycles. The molecule has 8 heteroatoms. The fraction of sp³-hybridized carbons (Fsp3) is 0.231. The monoisotopic (exact) mass is 310 g/mol. The van der Waals surface area contributed by atoms with Crippen molar-refractivity contribution in [3.8, 4) is 0 Å². The Morgan fingerprint density at radius 3 is 2.57 bits per heavy atom. The standard InChI is InChI=1S/C13H15FN4O2S/c1-2-15-6-10-3-4-13(12(14)5-10)21(19,20)18-11-7-16-9-17-8-11/h3-5,7-9,15,18H,2,6H2,1H3. The van der Waals surface area contributed by atoms with Crippen LogP contribution in [0.1, 0.15) is 12.5 Å². The summed E-state index contributed by atoms with van der Waals surface area (Å²) in [5, 5.41) is 3.04. The third-order valence-corrected chi connectivity index (χ3v) is 4.09. The summed E-state index contributed by atoms with van der Waals surface area (Å²) < 4.78 is 40.5. The van der Waals surface area contributed by atoms with E-state index >= 15 is 0 Å². The van der Waals surface area contributed by atoms with Crippen LogP contribution in [0.4, 0.5) is 10.1 Å². The van der Waals surface area contributed by atoms with Crippen LogP contribution < -0.4 is 10.0 Å². The van der Waals surface area contributed by atoms with Gasteiger partial charge in [-0.2, -0.15) is 0 Å². The minimum atomic E-state index is -4.01. The fourth-order valence-corrected chi connectivity index (χ4v) is 2.79. The highest BCUT2D eigenvalue weighted by Gasteiger charge is 2.19. The van der Waals surface area contributed by atoms with Gasteiger partial charge in [-0.1, -0.05) is 13.0 Å². The maximum Gasteiger partial charge on any atom is 0.264 e. The second-order valence-corrected chi connectivity index (χ2v) is 5.93. The lowest BCUT2D eigenvalue weighted by Gasteiger charge is -2.09. The van der Waals surface area contributed by atoms with Gasteiger partial charge in [-0.15, -0.1) is 0 Å². The molecule has 1 aromatic heterocycles. The molecule has 0 bridgehead atoms. The van der Waals surface area contributed by atoms with Gasteiger partial charge in [-0.3, -0.25) is 4.72 Å². The molecule has 2 rings (SSSR count). The Kier molecular flexibility index (Phi) is 4.81. The lowest BCUT2D eigenvalue weighted by atomic mass is 10.2. The molecule has 0 unspecified atom stereocenters. The van der Waals surface area contributed by atoms with Gasteiger partial charge < -0.3 is 5.32 Å². The molecule has 112 valence electrons. The number of nitrogens with zero attached hydrogens (tertiary/aromatic N) is 2. The summed E-state index contributed by atoms with van der Waals surface area (Å²) >= 11 is 0. The number of hydrogen-bond donors (Lipinski definition) is 2. The molecule has 1 heterocycles. The van der Waals surface area contributed by atoms with Crippen LogP contribution in [0.3, 0.4) is 0 Å². The summed E-state index contributed by atoms with van der Waals surface area (Å²) in [5.74, 6) is -0.797. The minimum Gasteiger partial charge on any atom is -0.313 e. The zero-order chi connectivity index (χ0) is 15.3. The molecule has 2 aromatic rings. The van der Waals surface area contributed by atoms with Gasteiger partial charge in [0.1, 0.15) is 17.0 Å². The molecule has 6 nitrogen and oxygen atoms in total. The van der Waals surface area contributed by atoms with Gasteiger partial charge in [-0.05, 0) is 24.2 Å². The quantitative estimate of drug-likeness (QED) is 0.845. The number of halogens is 1. The first-order chi connectivity index (χ1) is 10.0. The average molecular weight is 310 g/mol. The number of sulfonamides is 1. The van der Waals surface area contributed by atoms with Gasteiger partial charge in [0.05, 0.1) is 18.1 Å². The highest BCUT2D eigenvalue weighted by Crippen LogP contribution is 2.19. The van der Waals surface area contributed by atoms with Gasteiger partial charge in [0, 0.05) is 6.54 Å². The Labute approximate surface area is 122 Å². The Morgan fingerprint density at radius 2 is 1.95 bits per heavy atom. The van der Waals surface area contributed by atoms with E-state index in [1.807, 2.05) is 6.92 Å². The number of hydrogen-bond acceptors (Lipinski definition) is 5. The van der Waals surface area contributed by atoms with Crippen molar-refractivity contribution >= 4 is 15.7 Å². The average Bonchev–Trinajstić information content (AvgIpc) is 2.45. The molecule has 0 amide bonds. The third-order valence-electron chi connectivity index (χ3n) is 2.68. The lowest BCUT2D eigenvalue weighted by molar-refractivity contribution is 0.567. The number of anilines is 1. The van der Waals surface area contributed by atoms with E-state index in [1.165, 1.54) is 30.9 Å². The SMILES string of the molecule is CCNCc1ccc(S(=O)(=O)Nc2cncnc2)c(F)c1. The number of nitrogens with one attached hydrogen (secondary N) is 2. The van der Waals surface area contributed by atoms with Crippen LogP contribution in [0, 0.1) is 5.82 Å². The van der Waals surface area contributed by atoms with Crippen molar-refractivity contribution in [1.82, 2.24) is 15.3 Å². The summed E-state index contributed by atoms with van der Waals surface area (Å²) in [7, 11) is -4.01. The zero-order valence-corrected chi connectivity index (χ0v) is 12.2. The van der Waals surface area contributed by atoms with Crippen molar-refractivity contribution in [2.45, 2.75) is 18.4 Å². The summed E-state index contributed by atoms with van der Waals surface area (Å²) in [6, 6.07) is 4.02. The van der Waals surface area contributed by atoms with E-state index in [1.54, 1.807) is 6.07 Å². The molecule has 0 spiro atoms. The molecule has 0 aliphatic carbocycles. The first-order valence-electron chi connectivity index (χ1n) is 6.30. The fourth-order valence-electron chi connectivity index (χ4n) is 1.70. The maximum atomic E-state index is 14.0. The van der Waals surface area contributed by atoms with Crippen LogP contribution in [-0.2, 0) is 16.6 Å². The Morgan fingerprint density at radius 1 is 1.24 bits per heavy atom. The Hall–Kier alpha value is -2.06. The van der Waals surface area contributed by atoms with E-state index in [0.717, 1.165) is 6.54 Å². The van der Waals surface area contributed by atoms with Crippen molar-refractivity contribution < 1.29 is 12.8 Å². The van der Waals surface area contributed by atoms with Crippen molar-refractivity contribution in [3.05, 3.63) is 48.3 Å².